The van der Waals surface area contributed by atoms with Crippen molar-refractivity contribution in [1.29, 1.82) is 0 Å². The van der Waals surface area contributed by atoms with Gasteiger partial charge in [-0.2, -0.15) is 0 Å². The lowest BCUT2D eigenvalue weighted by Gasteiger charge is -2.08. The molecule has 0 spiro atoms. The minimum absolute atomic E-state index is 0.269. The number of hydrogen-bond donors (Lipinski definition) is 2. The molecule has 0 amide bonds. The first kappa shape index (κ1) is 10.7. The first-order valence-electron chi connectivity index (χ1n) is 4.89. The lowest BCUT2D eigenvalue weighted by molar-refractivity contribution is 0.475. The van der Waals surface area contributed by atoms with Gasteiger partial charge in [-0.25, -0.2) is 0 Å². The number of nitrogens with zero attached hydrogens (tertiary/aromatic N) is 1. The van der Waals surface area contributed by atoms with Crippen LogP contribution in [-0.4, -0.2) is 14.7 Å². The molecular formula is C12H12N2OS. The number of rotatable bonds is 3. The van der Waals surface area contributed by atoms with Gasteiger partial charge in [-0.1, -0.05) is 24.4 Å². The number of phenolic OH excluding ortho intramolecular Hbond substituents is 1. The summed E-state index contributed by atoms with van der Waals surface area (Å²) in [5, 5.41) is 9.18. The van der Waals surface area contributed by atoms with E-state index < -0.39 is 0 Å². The third kappa shape index (κ3) is 2.23. The highest BCUT2D eigenvalue weighted by Crippen LogP contribution is 2.12. The van der Waals surface area contributed by atoms with E-state index in [4.69, 9.17) is 18.0 Å². The summed E-state index contributed by atoms with van der Waals surface area (Å²) in [6, 6.07) is 10.9. The van der Waals surface area contributed by atoms with Gasteiger partial charge in [0, 0.05) is 12.7 Å². The fourth-order valence-electron chi connectivity index (χ4n) is 1.57. The number of nitrogens with two attached hydrogens (primary N) is 1. The highest BCUT2D eigenvalue weighted by molar-refractivity contribution is 7.80. The third-order valence-electron chi connectivity index (χ3n) is 2.37. The average molecular weight is 232 g/mol. The molecule has 0 fully saturated rings. The fourth-order valence-corrected chi connectivity index (χ4v) is 1.76. The van der Waals surface area contributed by atoms with Gasteiger partial charge in [0.05, 0.1) is 5.69 Å². The quantitative estimate of drug-likeness (QED) is 0.794. The summed E-state index contributed by atoms with van der Waals surface area (Å²) in [6.07, 6.45) is 1.93. The third-order valence-corrected chi connectivity index (χ3v) is 2.58. The maximum absolute atomic E-state index is 9.18. The molecule has 0 saturated heterocycles. The highest BCUT2D eigenvalue weighted by Gasteiger charge is 2.03. The smallest absolute Gasteiger partial charge is 0.120 e. The molecule has 16 heavy (non-hydrogen) atoms. The van der Waals surface area contributed by atoms with E-state index in [1.165, 1.54) is 0 Å². The molecule has 4 heteroatoms. The Bertz CT molecular complexity index is 502. The van der Waals surface area contributed by atoms with Crippen LogP contribution in [0.1, 0.15) is 11.3 Å². The summed E-state index contributed by atoms with van der Waals surface area (Å²) in [5.41, 5.74) is 7.55. The normalized spacial score (nSPS) is 10.2. The molecule has 0 radical (unpaired) electrons. The number of phenols is 1. The predicted octanol–water partition coefficient (Wildman–Crippen LogP) is 1.88. The summed E-state index contributed by atoms with van der Waals surface area (Å²) < 4.78 is 1.98. The van der Waals surface area contributed by atoms with E-state index in [2.05, 4.69) is 0 Å². The molecule has 3 nitrogen and oxygen atoms in total. The second kappa shape index (κ2) is 4.37. The Morgan fingerprint density at radius 3 is 2.56 bits per heavy atom. The summed E-state index contributed by atoms with van der Waals surface area (Å²) in [5.74, 6) is 0.269. The molecule has 2 rings (SSSR count). The van der Waals surface area contributed by atoms with Crippen LogP contribution in [0.3, 0.4) is 0 Å². The van der Waals surface area contributed by atoms with Crippen molar-refractivity contribution in [2.75, 3.05) is 0 Å². The first-order chi connectivity index (χ1) is 7.66. The van der Waals surface area contributed by atoms with Crippen molar-refractivity contribution in [3.8, 4) is 5.75 Å². The Labute approximate surface area is 99.1 Å². The van der Waals surface area contributed by atoms with Crippen molar-refractivity contribution in [2.45, 2.75) is 6.54 Å². The summed E-state index contributed by atoms with van der Waals surface area (Å²) >= 11 is 4.96. The Hall–Kier alpha value is -1.81. The molecule has 2 aromatic rings. The molecule has 0 aliphatic rings. The Kier molecular flexibility index (Phi) is 2.92. The monoisotopic (exact) mass is 232 g/mol. The number of benzene rings is 1. The second-order valence-electron chi connectivity index (χ2n) is 3.55. The van der Waals surface area contributed by atoms with Crippen LogP contribution in [0.4, 0.5) is 0 Å². The molecule has 82 valence electrons. The predicted molar refractivity (Wildman–Crippen MR) is 67.5 cm³/mol. The molecule has 3 N–H and O–H groups in total. The van der Waals surface area contributed by atoms with E-state index in [-0.39, 0.29) is 5.75 Å². The van der Waals surface area contributed by atoms with E-state index in [9.17, 15) is 5.11 Å². The molecule has 1 heterocycles. The van der Waals surface area contributed by atoms with Crippen LogP contribution in [0, 0.1) is 0 Å². The summed E-state index contributed by atoms with van der Waals surface area (Å²) in [7, 11) is 0. The van der Waals surface area contributed by atoms with E-state index in [1.54, 1.807) is 12.1 Å². The molecule has 0 aliphatic carbocycles. The zero-order chi connectivity index (χ0) is 11.5. The van der Waals surface area contributed by atoms with Crippen molar-refractivity contribution in [2.24, 2.45) is 5.73 Å². The number of hydrogen-bond acceptors (Lipinski definition) is 2. The van der Waals surface area contributed by atoms with Gasteiger partial charge in [-0.05, 0) is 29.8 Å². The van der Waals surface area contributed by atoms with E-state index in [0.29, 0.717) is 11.5 Å². The van der Waals surface area contributed by atoms with Crippen molar-refractivity contribution in [3.63, 3.8) is 0 Å². The standard InChI is InChI=1S/C12H12N2OS/c13-12(16)11-2-1-7-14(11)8-9-3-5-10(15)6-4-9/h1-7,15H,8H2,(H2,13,16). The number of aromatic hydroxyl groups is 1. The van der Waals surface area contributed by atoms with Crippen molar-refractivity contribution < 1.29 is 5.11 Å². The molecular weight excluding hydrogens is 220 g/mol. The topological polar surface area (TPSA) is 51.2 Å². The Morgan fingerprint density at radius 2 is 1.94 bits per heavy atom. The summed E-state index contributed by atoms with van der Waals surface area (Å²) in [6.45, 7) is 0.694. The van der Waals surface area contributed by atoms with E-state index >= 15 is 0 Å². The van der Waals surface area contributed by atoms with Crippen molar-refractivity contribution >= 4 is 17.2 Å². The molecule has 1 aromatic carbocycles. The van der Waals surface area contributed by atoms with Gasteiger partial charge < -0.3 is 15.4 Å². The van der Waals surface area contributed by atoms with Crippen molar-refractivity contribution in [3.05, 3.63) is 53.9 Å². The molecule has 1 aromatic heterocycles. The van der Waals surface area contributed by atoms with Gasteiger partial charge in [-0.3, -0.25) is 0 Å². The number of thiocarbonyl (C=S) groups is 1. The fraction of sp³-hybridized carbons (Fsp3) is 0.0833. The Balaban J connectivity index is 2.23. The minimum Gasteiger partial charge on any atom is -0.508 e. The average Bonchev–Trinajstić information content (AvgIpc) is 2.69. The van der Waals surface area contributed by atoms with Crippen LogP contribution in [-0.2, 0) is 6.54 Å². The maximum Gasteiger partial charge on any atom is 0.120 e. The van der Waals surface area contributed by atoms with Gasteiger partial charge in [0.2, 0.25) is 0 Å². The maximum atomic E-state index is 9.18. The largest absolute Gasteiger partial charge is 0.508 e. The van der Waals surface area contributed by atoms with Crippen LogP contribution in [0.5, 0.6) is 5.75 Å². The van der Waals surface area contributed by atoms with E-state index in [1.807, 2.05) is 35.0 Å². The first-order valence-corrected chi connectivity index (χ1v) is 5.30. The lowest BCUT2D eigenvalue weighted by atomic mass is 10.2. The number of aromatic nitrogens is 1. The molecule has 0 unspecified atom stereocenters. The second-order valence-corrected chi connectivity index (χ2v) is 3.99. The minimum atomic E-state index is 0.269. The lowest BCUT2D eigenvalue weighted by Crippen LogP contribution is -2.15. The van der Waals surface area contributed by atoms with Crippen LogP contribution in [0.2, 0.25) is 0 Å². The van der Waals surface area contributed by atoms with Crippen LogP contribution in [0.15, 0.2) is 42.6 Å². The van der Waals surface area contributed by atoms with Gasteiger partial charge >= 0.3 is 0 Å². The van der Waals surface area contributed by atoms with Crippen LogP contribution >= 0.6 is 12.2 Å². The Morgan fingerprint density at radius 1 is 1.25 bits per heavy atom. The zero-order valence-corrected chi connectivity index (χ0v) is 9.45. The van der Waals surface area contributed by atoms with Crippen LogP contribution < -0.4 is 5.73 Å². The van der Waals surface area contributed by atoms with Gasteiger partial charge in [-0.15, -0.1) is 0 Å². The van der Waals surface area contributed by atoms with Gasteiger partial charge in [0.25, 0.3) is 0 Å². The zero-order valence-electron chi connectivity index (χ0n) is 8.63. The SMILES string of the molecule is NC(=S)c1cccn1Cc1ccc(O)cc1. The van der Waals surface area contributed by atoms with Gasteiger partial charge in [0.1, 0.15) is 10.7 Å². The molecule has 0 atom stereocenters. The summed E-state index contributed by atoms with van der Waals surface area (Å²) in [4.78, 5) is 0.392. The van der Waals surface area contributed by atoms with Gasteiger partial charge in [0.15, 0.2) is 0 Å². The van der Waals surface area contributed by atoms with Crippen molar-refractivity contribution in [1.82, 2.24) is 4.57 Å². The highest BCUT2D eigenvalue weighted by atomic mass is 32.1. The molecule has 0 aliphatic heterocycles. The molecule has 0 saturated carbocycles. The molecule has 0 bridgehead atoms. The van der Waals surface area contributed by atoms with Crippen LogP contribution in [0.25, 0.3) is 0 Å². The van der Waals surface area contributed by atoms with E-state index in [0.717, 1.165) is 11.3 Å².